The lowest BCUT2D eigenvalue weighted by molar-refractivity contribution is 0.107. The molecule has 2 unspecified atom stereocenters. The average molecular weight is 269 g/mol. The second-order valence-corrected chi connectivity index (χ2v) is 6.37. The molecule has 2 nitrogen and oxygen atoms in total. The number of nitrogens with one attached hydrogen (secondary N) is 1. The van der Waals surface area contributed by atoms with Crippen molar-refractivity contribution in [2.24, 2.45) is 0 Å². The van der Waals surface area contributed by atoms with Gasteiger partial charge in [0.1, 0.15) is 0 Å². The molecular formula is C17H35NO. The Balaban J connectivity index is 2.28. The lowest BCUT2D eigenvalue weighted by Gasteiger charge is -2.31. The van der Waals surface area contributed by atoms with Crippen molar-refractivity contribution in [3.63, 3.8) is 0 Å². The highest BCUT2D eigenvalue weighted by Crippen LogP contribution is 2.21. The molecule has 0 radical (unpaired) electrons. The number of hydrogen-bond donors (Lipinski definition) is 2. The summed E-state index contributed by atoms with van der Waals surface area (Å²) in [5.74, 6) is 0. The molecule has 1 saturated carbocycles. The van der Waals surface area contributed by atoms with Crippen LogP contribution < -0.4 is 5.32 Å². The zero-order valence-electron chi connectivity index (χ0n) is 13.2. The Morgan fingerprint density at radius 2 is 1.63 bits per heavy atom. The largest absolute Gasteiger partial charge is 0.393 e. The van der Waals surface area contributed by atoms with Gasteiger partial charge in [0.15, 0.2) is 0 Å². The van der Waals surface area contributed by atoms with Crippen LogP contribution in [-0.4, -0.2) is 23.3 Å². The molecule has 1 aliphatic carbocycles. The fourth-order valence-electron chi connectivity index (χ4n) is 3.24. The highest BCUT2D eigenvalue weighted by Gasteiger charge is 2.22. The SMILES string of the molecule is CCCCCC(CCCCC)NC1CCCC(O)C1. The summed E-state index contributed by atoms with van der Waals surface area (Å²) in [6.45, 7) is 4.55. The first kappa shape index (κ1) is 17.0. The van der Waals surface area contributed by atoms with Crippen LogP contribution in [0, 0.1) is 0 Å². The van der Waals surface area contributed by atoms with Crippen LogP contribution in [-0.2, 0) is 0 Å². The monoisotopic (exact) mass is 269 g/mol. The van der Waals surface area contributed by atoms with Crippen molar-refractivity contribution in [1.29, 1.82) is 0 Å². The maximum Gasteiger partial charge on any atom is 0.0555 e. The van der Waals surface area contributed by atoms with Crippen molar-refractivity contribution in [3.05, 3.63) is 0 Å². The summed E-state index contributed by atoms with van der Waals surface area (Å²) in [5.41, 5.74) is 0. The Bertz CT molecular complexity index is 197. The van der Waals surface area contributed by atoms with Gasteiger partial charge in [-0.2, -0.15) is 0 Å². The molecule has 0 aromatic heterocycles. The van der Waals surface area contributed by atoms with Gasteiger partial charge in [-0.25, -0.2) is 0 Å². The Hall–Kier alpha value is -0.0800. The molecule has 1 fully saturated rings. The number of aliphatic hydroxyl groups is 1. The Kier molecular flexibility index (Phi) is 9.54. The smallest absolute Gasteiger partial charge is 0.0555 e. The summed E-state index contributed by atoms with van der Waals surface area (Å²) in [4.78, 5) is 0. The van der Waals surface area contributed by atoms with Crippen molar-refractivity contribution >= 4 is 0 Å². The standard InChI is InChI=1S/C17H35NO/c1-3-5-7-10-15(11-8-6-4-2)18-16-12-9-13-17(19)14-16/h15-19H,3-14H2,1-2H3. The van der Waals surface area contributed by atoms with E-state index in [0.717, 1.165) is 12.8 Å². The maximum atomic E-state index is 9.78. The maximum absolute atomic E-state index is 9.78. The molecule has 0 aromatic rings. The van der Waals surface area contributed by atoms with E-state index in [4.69, 9.17) is 0 Å². The fraction of sp³-hybridized carbons (Fsp3) is 1.00. The molecule has 0 saturated heterocycles. The summed E-state index contributed by atoms with van der Waals surface area (Å²) in [5, 5.41) is 13.6. The van der Waals surface area contributed by atoms with E-state index < -0.39 is 0 Å². The van der Waals surface area contributed by atoms with E-state index in [2.05, 4.69) is 19.2 Å². The molecule has 0 amide bonds. The zero-order valence-corrected chi connectivity index (χ0v) is 13.2. The molecule has 2 atom stereocenters. The minimum absolute atomic E-state index is 0.0572. The van der Waals surface area contributed by atoms with Gasteiger partial charge < -0.3 is 10.4 Å². The van der Waals surface area contributed by atoms with Crippen LogP contribution in [0.5, 0.6) is 0 Å². The van der Waals surface area contributed by atoms with Crippen molar-refractivity contribution in [2.45, 2.75) is 109 Å². The Morgan fingerprint density at radius 1 is 1.00 bits per heavy atom. The van der Waals surface area contributed by atoms with Crippen molar-refractivity contribution in [1.82, 2.24) is 5.32 Å². The number of hydrogen-bond acceptors (Lipinski definition) is 2. The molecule has 0 aliphatic heterocycles. The van der Waals surface area contributed by atoms with Gasteiger partial charge >= 0.3 is 0 Å². The second-order valence-electron chi connectivity index (χ2n) is 6.37. The van der Waals surface area contributed by atoms with E-state index in [1.807, 2.05) is 0 Å². The number of unbranched alkanes of at least 4 members (excludes halogenated alkanes) is 4. The molecule has 1 rings (SSSR count). The van der Waals surface area contributed by atoms with Crippen LogP contribution in [0.25, 0.3) is 0 Å². The van der Waals surface area contributed by atoms with Crippen LogP contribution in [0.2, 0.25) is 0 Å². The van der Waals surface area contributed by atoms with Gasteiger partial charge in [-0.05, 0) is 38.5 Å². The first-order valence-corrected chi connectivity index (χ1v) is 8.70. The van der Waals surface area contributed by atoms with E-state index in [1.54, 1.807) is 0 Å². The highest BCUT2D eigenvalue weighted by molar-refractivity contribution is 4.81. The minimum Gasteiger partial charge on any atom is -0.393 e. The molecule has 0 bridgehead atoms. The van der Waals surface area contributed by atoms with Crippen molar-refractivity contribution in [2.75, 3.05) is 0 Å². The topological polar surface area (TPSA) is 32.3 Å². The molecule has 2 N–H and O–H groups in total. The van der Waals surface area contributed by atoms with Crippen LogP contribution in [0.3, 0.4) is 0 Å². The lowest BCUT2D eigenvalue weighted by atomic mass is 9.91. The third-order valence-corrected chi connectivity index (χ3v) is 4.43. The quantitative estimate of drug-likeness (QED) is 0.576. The summed E-state index contributed by atoms with van der Waals surface area (Å²) < 4.78 is 0. The predicted molar refractivity (Wildman–Crippen MR) is 83.5 cm³/mol. The van der Waals surface area contributed by atoms with E-state index in [1.165, 1.54) is 64.2 Å². The normalized spacial score (nSPS) is 24.0. The van der Waals surface area contributed by atoms with E-state index in [-0.39, 0.29) is 6.10 Å². The van der Waals surface area contributed by atoms with Crippen LogP contribution in [0.15, 0.2) is 0 Å². The van der Waals surface area contributed by atoms with Crippen LogP contribution in [0.1, 0.15) is 90.9 Å². The molecule has 114 valence electrons. The molecule has 0 aromatic carbocycles. The summed E-state index contributed by atoms with van der Waals surface area (Å²) in [7, 11) is 0. The fourth-order valence-corrected chi connectivity index (χ4v) is 3.24. The van der Waals surface area contributed by atoms with Crippen LogP contribution >= 0.6 is 0 Å². The zero-order chi connectivity index (χ0) is 13.9. The molecular weight excluding hydrogens is 234 g/mol. The van der Waals surface area contributed by atoms with E-state index in [9.17, 15) is 5.11 Å². The summed E-state index contributed by atoms with van der Waals surface area (Å²) in [6.07, 6.45) is 15.1. The van der Waals surface area contributed by atoms with E-state index >= 15 is 0 Å². The van der Waals surface area contributed by atoms with Gasteiger partial charge in [0, 0.05) is 12.1 Å². The molecule has 19 heavy (non-hydrogen) atoms. The molecule has 2 heteroatoms. The minimum atomic E-state index is -0.0572. The Morgan fingerprint density at radius 3 is 2.16 bits per heavy atom. The van der Waals surface area contributed by atoms with Crippen molar-refractivity contribution < 1.29 is 5.11 Å². The van der Waals surface area contributed by atoms with Gasteiger partial charge in [0.2, 0.25) is 0 Å². The highest BCUT2D eigenvalue weighted by atomic mass is 16.3. The first-order valence-electron chi connectivity index (χ1n) is 8.70. The van der Waals surface area contributed by atoms with Gasteiger partial charge in [0.05, 0.1) is 6.10 Å². The van der Waals surface area contributed by atoms with Gasteiger partial charge in [-0.15, -0.1) is 0 Å². The molecule has 0 spiro atoms. The molecule has 1 aliphatic rings. The van der Waals surface area contributed by atoms with Gasteiger partial charge in [0.25, 0.3) is 0 Å². The van der Waals surface area contributed by atoms with Gasteiger partial charge in [-0.1, -0.05) is 52.4 Å². The third-order valence-electron chi connectivity index (χ3n) is 4.43. The number of aliphatic hydroxyl groups excluding tert-OH is 1. The van der Waals surface area contributed by atoms with Gasteiger partial charge in [-0.3, -0.25) is 0 Å². The molecule has 0 heterocycles. The predicted octanol–water partition coefficient (Wildman–Crippen LogP) is 4.41. The third kappa shape index (κ3) is 7.94. The summed E-state index contributed by atoms with van der Waals surface area (Å²) >= 11 is 0. The lowest BCUT2D eigenvalue weighted by Crippen LogP contribution is -2.42. The summed E-state index contributed by atoms with van der Waals surface area (Å²) in [6, 6.07) is 1.26. The van der Waals surface area contributed by atoms with Crippen LogP contribution in [0.4, 0.5) is 0 Å². The Labute approximate surface area is 120 Å². The number of rotatable bonds is 10. The average Bonchev–Trinajstić information content (AvgIpc) is 2.39. The van der Waals surface area contributed by atoms with Crippen molar-refractivity contribution in [3.8, 4) is 0 Å². The first-order chi connectivity index (χ1) is 9.26. The second kappa shape index (κ2) is 10.7. The van der Waals surface area contributed by atoms with E-state index in [0.29, 0.717) is 12.1 Å².